The molecule has 0 unspecified atom stereocenters. The molecule has 0 fully saturated rings. The summed E-state index contributed by atoms with van der Waals surface area (Å²) in [6.07, 6.45) is -9.15. The molecular formula is C16H13F6N. The lowest BCUT2D eigenvalue weighted by atomic mass is 9.99. The lowest BCUT2D eigenvalue weighted by molar-refractivity contribution is -0.138. The van der Waals surface area contributed by atoms with Crippen molar-refractivity contribution in [1.29, 1.82) is 0 Å². The summed E-state index contributed by atoms with van der Waals surface area (Å²) in [7, 11) is 2.93. The number of anilines is 1. The maximum Gasteiger partial charge on any atom is 0.418 e. The molecule has 23 heavy (non-hydrogen) atoms. The van der Waals surface area contributed by atoms with Gasteiger partial charge in [-0.2, -0.15) is 26.3 Å². The number of hydrogen-bond donors (Lipinski definition) is 0. The third kappa shape index (κ3) is 3.78. The van der Waals surface area contributed by atoms with Crippen molar-refractivity contribution in [3.63, 3.8) is 0 Å². The van der Waals surface area contributed by atoms with Gasteiger partial charge >= 0.3 is 12.4 Å². The number of nitrogens with zero attached hydrogens (tertiary/aromatic N) is 1. The van der Waals surface area contributed by atoms with E-state index in [1.54, 1.807) is 0 Å². The Hall–Kier alpha value is -2.18. The van der Waals surface area contributed by atoms with Crippen LogP contribution in [0.5, 0.6) is 0 Å². The summed E-state index contributed by atoms with van der Waals surface area (Å²) in [5, 5.41) is 0. The Morgan fingerprint density at radius 1 is 0.739 bits per heavy atom. The van der Waals surface area contributed by atoms with E-state index in [2.05, 4.69) is 0 Å². The summed E-state index contributed by atoms with van der Waals surface area (Å²) in [6.45, 7) is 0. The highest BCUT2D eigenvalue weighted by molar-refractivity contribution is 5.70. The Morgan fingerprint density at radius 3 is 1.87 bits per heavy atom. The number of rotatable bonds is 2. The molecule has 0 saturated carbocycles. The van der Waals surface area contributed by atoms with Gasteiger partial charge in [0.1, 0.15) is 0 Å². The molecule has 0 aromatic heterocycles. The summed E-state index contributed by atoms with van der Waals surface area (Å²) in [5.41, 5.74) is -1.68. The molecule has 0 heterocycles. The summed E-state index contributed by atoms with van der Waals surface area (Å²) in [6, 6.07) is 7.72. The molecule has 2 aromatic carbocycles. The zero-order valence-electron chi connectivity index (χ0n) is 12.3. The fraction of sp³-hybridized carbons (Fsp3) is 0.250. The highest BCUT2D eigenvalue weighted by atomic mass is 19.4. The molecule has 2 rings (SSSR count). The van der Waals surface area contributed by atoms with Crippen LogP contribution in [-0.4, -0.2) is 14.1 Å². The van der Waals surface area contributed by atoms with Gasteiger partial charge in [0, 0.05) is 19.8 Å². The molecule has 0 aliphatic heterocycles. The van der Waals surface area contributed by atoms with E-state index in [1.807, 2.05) is 0 Å². The average Bonchev–Trinajstić information content (AvgIpc) is 2.45. The summed E-state index contributed by atoms with van der Waals surface area (Å²) < 4.78 is 77.7. The molecule has 1 nitrogen and oxygen atoms in total. The van der Waals surface area contributed by atoms with Crippen LogP contribution in [0.3, 0.4) is 0 Å². The van der Waals surface area contributed by atoms with E-state index < -0.39 is 23.5 Å². The van der Waals surface area contributed by atoms with Crippen molar-refractivity contribution in [2.45, 2.75) is 12.4 Å². The van der Waals surface area contributed by atoms with Crippen molar-refractivity contribution in [3.05, 3.63) is 53.6 Å². The van der Waals surface area contributed by atoms with Crippen molar-refractivity contribution in [2.75, 3.05) is 19.0 Å². The first-order valence-electron chi connectivity index (χ1n) is 6.56. The average molecular weight is 333 g/mol. The summed E-state index contributed by atoms with van der Waals surface area (Å²) in [5.74, 6) is 0. The van der Waals surface area contributed by atoms with E-state index in [-0.39, 0.29) is 16.8 Å². The first-order chi connectivity index (χ1) is 10.5. The maximum atomic E-state index is 13.2. The van der Waals surface area contributed by atoms with Gasteiger partial charge in [0.25, 0.3) is 0 Å². The first-order valence-corrected chi connectivity index (χ1v) is 6.56. The lowest BCUT2D eigenvalue weighted by Crippen LogP contribution is -2.16. The van der Waals surface area contributed by atoms with Crippen molar-refractivity contribution < 1.29 is 26.3 Å². The minimum absolute atomic E-state index is 0.0479. The third-order valence-electron chi connectivity index (χ3n) is 3.31. The number of benzene rings is 2. The van der Waals surface area contributed by atoms with Gasteiger partial charge in [-0.1, -0.05) is 18.2 Å². The highest BCUT2D eigenvalue weighted by Crippen LogP contribution is 2.39. The fourth-order valence-electron chi connectivity index (χ4n) is 2.21. The van der Waals surface area contributed by atoms with Crippen LogP contribution >= 0.6 is 0 Å². The molecule has 7 heteroatoms. The van der Waals surface area contributed by atoms with E-state index in [0.29, 0.717) is 0 Å². The fourth-order valence-corrected chi connectivity index (χ4v) is 2.21. The minimum atomic E-state index is -4.60. The monoisotopic (exact) mass is 333 g/mol. The first kappa shape index (κ1) is 17.2. The van der Waals surface area contributed by atoms with E-state index in [1.165, 1.54) is 43.3 Å². The second-order valence-electron chi connectivity index (χ2n) is 5.20. The topological polar surface area (TPSA) is 3.24 Å². The van der Waals surface area contributed by atoms with Crippen LogP contribution in [0.4, 0.5) is 32.0 Å². The Balaban J connectivity index is 2.58. The van der Waals surface area contributed by atoms with Gasteiger partial charge in [-0.05, 0) is 35.4 Å². The smallest absolute Gasteiger partial charge is 0.377 e. The molecule has 0 saturated heterocycles. The van der Waals surface area contributed by atoms with Gasteiger partial charge in [0.2, 0.25) is 0 Å². The highest BCUT2D eigenvalue weighted by Gasteiger charge is 2.35. The van der Waals surface area contributed by atoms with E-state index in [9.17, 15) is 26.3 Å². The second-order valence-corrected chi connectivity index (χ2v) is 5.20. The molecule has 0 amide bonds. The zero-order valence-corrected chi connectivity index (χ0v) is 12.3. The van der Waals surface area contributed by atoms with Gasteiger partial charge in [-0.15, -0.1) is 0 Å². The second kappa shape index (κ2) is 5.79. The molecule has 2 aromatic rings. The van der Waals surface area contributed by atoms with Gasteiger partial charge in [-0.3, -0.25) is 0 Å². The van der Waals surface area contributed by atoms with Crippen LogP contribution in [0.1, 0.15) is 11.1 Å². The SMILES string of the molecule is CN(C)c1ccc(-c2cccc(C(F)(F)F)c2)cc1C(F)(F)F. The quantitative estimate of drug-likeness (QED) is 0.660. The molecule has 0 N–H and O–H groups in total. The molecule has 0 radical (unpaired) electrons. The number of halogens is 6. The largest absolute Gasteiger partial charge is 0.418 e. The van der Waals surface area contributed by atoms with Crippen LogP contribution in [-0.2, 0) is 12.4 Å². The standard InChI is InChI=1S/C16H13F6N/c1-23(2)14-7-6-11(9-13(14)16(20,21)22)10-4-3-5-12(8-10)15(17,18)19/h3-9H,1-2H3. The maximum absolute atomic E-state index is 13.2. The molecule has 0 aliphatic rings. The number of alkyl halides is 6. The van der Waals surface area contributed by atoms with Gasteiger partial charge in [-0.25, -0.2) is 0 Å². The van der Waals surface area contributed by atoms with Gasteiger partial charge in [0.05, 0.1) is 11.1 Å². The van der Waals surface area contributed by atoms with Crippen LogP contribution in [0.25, 0.3) is 11.1 Å². The van der Waals surface area contributed by atoms with Crippen LogP contribution < -0.4 is 4.90 Å². The van der Waals surface area contributed by atoms with Crippen LogP contribution in [0.15, 0.2) is 42.5 Å². The van der Waals surface area contributed by atoms with Crippen molar-refractivity contribution in [2.24, 2.45) is 0 Å². The molecular weight excluding hydrogens is 320 g/mol. The molecule has 124 valence electrons. The molecule has 0 aliphatic carbocycles. The van der Waals surface area contributed by atoms with Crippen molar-refractivity contribution in [3.8, 4) is 11.1 Å². The summed E-state index contributed by atoms with van der Waals surface area (Å²) >= 11 is 0. The van der Waals surface area contributed by atoms with Crippen LogP contribution in [0.2, 0.25) is 0 Å². The third-order valence-corrected chi connectivity index (χ3v) is 3.31. The Morgan fingerprint density at radius 2 is 1.35 bits per heavy atom. The zero-order chi connectivity index (χ0) is 17.4. The van der Waals surface area contributed by atoms with Gasteiger partial charge < -0.3 is 4.90 Å². The van der Waals surface area contributed by atoms with Crippen molar-refractivity contribution >= 4 is 5.69 Å². The molecule has 0 spiro atoms. The predicted octanol–water partition coefficient (Wildman–Crippen LogP) is 5.46. The predicted molar refractivity (Wildman–Crippen MR) is 76.2 cm³/mol. The number of hydrogen-bond acceptors (Lipinski definition) is 1. The Kier molecular flexibility index (Phi) is 4.32. The van der Waals surface area contributed by atoms with E-state index >= 15 is 0 Å². The Labute approximate surface area is 129 Å². The lowest BCUT2D eigenvalue weighted by Gasteiger charge is -2.20. The van der Waals surface area contributed by atoms with Gasteiger partial charge in [0.15, 0.2) is 0 Å². The van der Waals surface area contributed by atoms with Crippen LogP contribution in [0, 0.1) is 0 Å². The normalized spacial score (nSPS) is 12.3. The Bertz CT molecular complexity index is 700. The molecule has 0 atom stereocenters. The summed E-state index contributed by atoms with van der Waals surface area (Å²) in [4.78, 5) is 1.30. The van der Waals surface area contributed by atoms with E-state index in [4.69, 9.17) is 0 Å². The van der Waals surface area contributed by atoms with Crippen molar-refractivity contribution in [1.82, 2.24) is 0 Å². The van der Waals surface area contributed by atoms with E-state index in [0.717, 1.165) is 18.2 Å². The molecule has 0 bridgehead atoms. The minimum Gasteiger partial charge on any atom is -0.377 e.